The van der Waals surface area contributed by atoms with Gasteiger partial charge in [0.15, 0.2) is 0 Å². The monoisotopic (exact) mass is 339 g/mol. The molecule has 1 fully saturated rings. The van der Waals surface area contributed by atoms with Crippen LogP contribution in [0.15, 0.2) is 0 Å². The molecule has 0 saturated carbocycles. The fourth-order valence-electron chi connectivity index (χ4n) is 3.44. The van der Waals surface area contributed by atoms with E-state index in [1.807, 2.05) is 6.92 Å². The number of carbonyl (C=O) groups is 1. The third-order valence-electron chi connectivity index (χ3n) is 5.05. The number of ether oxygens (including phenoxy) is 1. The first-order valence-corrected chi connectivity index (χ1v) is 10.7. The highest BCUT2D eigenvalue weighted by Gasteiger charge is 2.36. The van der Waals surface area contributed by atoms with Gasteiger partial charge >= 0.3 is 0 Å². The first kappa shape index (κ1) is 21.5. The molecule has 0 radical (unpaired) electrons. The Bertz CT molecular complexity index is 306. The van der Waals surface area contributed by atoms with Crippen molar-refractivity contribution in [1.82, 2.24) is 5.32 Å². The van der Waals surface area contributed by atoms with E-state index in [-0.39, 0.29) is 5.91 Å². The molecule has 0 aromatic carbocycles. The SMILES string of the molecule is CCCCCCCCC1OC1CCCCCCCCC(=O)NCC. The Labute approximate surface area is 150 Å². The lowest BCUT2D eigenvalue weighted by atomic mass is 10.0. The van der Waals surface area contributed by atoms with Crippen molar-refractivity contribution in [3.05, 3.63) is 0 Å². The number of hydrogen-bond acceptors (Lipinski definition) is 2. The van der Waals surface area contributed by atoms with Crippen LogP contribution < -0.4 is 5.32 Å². The molecule has 3 heteroatoms. The van der Waals surface area contributed by atoms with E-state index in [2.05, 4.69) is 12.2 Å². The summed E-state index contributed by atoms with van der Waals surface area (Å²) < 4.78 is 5.79. The highest BCUT2D eigenvalue weighted by atomic mass is 16.6. The Morgan fingerprint density at radius 1 is 0.750 bits per heavy atom. The summed E-state index contributed by atoms with van der Waals surface area (Å²) in [4.78, 5) is 11.3. The molecule has 0 aliphatic carbocycles. The molecule has 0 aromatic heterocycles. The number of carbonyl (C=O) groups excluding carboxylic acids is 1. The summed E-state index contributed by atoms with van der Waals surface area (Å²) >= 11 is 0. The lowest BCUT2D eigenvalue weighted by Gasteiger charge is -2.02. The molecule has 2 unspecified atom stereocenters. The van der Waals surface area contributed by atoms with Crippen molar-refractivity contribution in [3.8, 4) is 0 Å². The number of amides is 1. The predicted octanol–water partition coefficient (Wildman–Crippen LogP) is 5.76. The molecule has 0 bridgehead atoms. The normalized spacial score (nSPS) is 19.4. The molecule has 142 valence electrons. The van der Waals surface area contributed by atoms with Crippen LogP contribution in [0.1, 0.15) is 110 Å². The average molecular weight is 340 g/mol. The van der Waals surface area contributed by atoms with Crippen molar-refractivity contribution in [2.45, 2.75) is 122 Å². The number of rotatable bonds is 17. The molecule has 1 amide bonds. The molecular weight excluding hydrogens is 298 g/mol. The minimum absolute atomic E-state index is 0.208. The van der Waals surface area contributed by atoms with Crippen LogP contribution in [0.4, 0.5) is 0 Å². The molecule has 1 saturated heterocycles. The third-order valence-corrected chi connectivity index (χ3v) is 5.05. The van der Waals surface area contributed by atoms with E-state index < -0.39 is 0 Å². The zero-order valence-electron chi connectivity index (χ0n) is 16.3. The van der Waals surface area contributed by atoms with Gasteiger partial charge in [0, 0.05) is 13.0 Å². The topological polar surface area (TPSA) is 41.6 Å². The van der Waals surface area contributed by atoms with Gasteiger partial charge in [-0.05, 0) is 26.2 Å². The largest absolute Gasteiger partial charge is 0.370 e. The molecule has 1 N–H and O–H groups in total. The predicted molar refractivity (Wildman–Crippen MR) is 102 cm³/mol. The molecule has 24 heavy (non-hydrogen) atoms. The first-order valence-electron chi connectivity index (χ1n) is 10.7. The van der Waals surface area contributed by atoms with Gasteiger partial charge in [0.05, 0.1) is 12.2 Å². The number of hydrogen-bond donors (Lipinski definition) is 1. The van der Waals surface area contributed by atoms with Gasteiger partial charge in [-0.3, -0.25) is 4.79 Å². The van der Waals surface area contributed by atoms with E-state index in [1.165, 1.54) is 83.5 Å². The fraction of sp³-hybridized carbons (Fsp3) is 0.952. The van der Waals surface area contributed by atoms with Crippen LogP contribution in [0, 0.1) is 0 Å². The Balaban J connectivity index is 1.76. The Morgan fingerprint density at radius 3 is 1.79 bits per heavy atom. The summed E-state index contributed by atoms with van der Waals surface area (Å²) in [5, 5.41) is 2.85. The van der Waals surface area contributed by atoms with Crippen molar-refractivity contribution < 1.29 is 9.53 Å². The second-order valence-electron chi connectivity index (χ2n) is 7.38. The number of nitrogens with one attached hydrogen (secondary N) is 1. The maximum absolute atomic E-state index is 11.3. The molecule has 2 atom stereocenters. The minimum atomic E-state index is 0.208. The average Bonchev–Trinajstić information content (AvgIpc) is 3.32. The molecule has 1 rings (SSSR count). The molecule has 1 aliphatic heterocycles. The van der Waals surface area contributed by atoms with E-state index in [0.717, 1.165) is 13.0 Å². The maximum atomic E-state index is 11.3. The van der Waals surface area contributed by atoms with Crippen LogP contribution in [0.5, 0.6) is 0 Å². The number of unbranched alkanes of at least 4 members (excludes halogenated alkanes) is 10. The zero-order chi connectivity index (χ0) is 17.5. The lowest BCUT2D eigenvalue weighted by Crippen LogP contribution is -2.21. The molecule has 0 aromatic rings. The molecule has 1 heterocycles. The summed E-state index contributed by atoms with van der Waals surface area (Å²) in [6.07, 6.45) is 20.2. The van der Waals surface area contributed by atoms with E-state index >= 15 is 0 Å². The van der Waals surface area contributed by atoms with Crippen molar-refractivity contribution in [1.29, 1.82) is 0 Å². The van der Waals surface area contributed by atoms with Crippen LogP contribution >= 0.6 is 0 Å². The van der Waals surface area contributed by atoms with Crippen LogP contribution in [0.25, 0.3) is 0 Å². The Hall–Kier alpha value is -0.570. The summed E-state index contributed by atoms with van der Waals surface area (Å²) in [5.74, 6) is 0.208. The van der Waals surface area contributed by atoms with E-state index in [4.69, 9.17) is 4.74 Å². The van der Waals surface area contributed by atoms with Gasteiger partial charge in [-0.25, -0.2) is 0 Å². The van der Waals surface area contributed by atoms with Crippen LogP contribution in [0.2, 0.25) is 0 Å². The van der Waals surface area contributed by atoms with E-state index in [1.54, 1.807) is 0 Å². The van der Waals surface area contributed by atoms with Crippen LogP contribution in [0.3, 0.4) is 0 Å². The van der Waals surface area contributed by atoms with Gasteiger partial charge in [-0.1, -0.05) is 77.6 Å². The summed E-state index contributed by atoms with van der Waals surface area (Å²) in [7, 11) is 0. The zero-order valence-corrected chi connectivity index (χ0v) is 16.3. The second kappa shape index (κ2) is 14.7. The van der Waals surface area contributed by atoms with Gasteiger partial charge in [-0.2, -0.15) is 0 Å². The Morgan fingerprint density at radius 2 is 1.25 bits per heavy atom. The van der Waals surface area contributed by atoms with Crippen molar-refractivity contribution >= 4 is 5.91 Å². The lowest BCUT2D eigenvalue weighted by molar-refractivity contribution is -0.121. The maximum Gasteiger partial charge on any atom is 0.219 e. The number of epoxide rings is 1. The minimum Gasteiger partial charge on any atom is -0.370 e. The third kappa shape index (κ3) is 11.9. The first-order chi connectivity index (χ1) is 11.8. The quantitative estimate of drug-likeness (QED) is 0.270. The van der Waals surface area contributed by atoms with Crippen LogP contribution in [-0.2, 0) is 9.53 Å². The highest BCUT2D eigenvalue weighted by Crippen LogP contribution is 2.31. The van der Waals surface area contributed by atoms with E-state index in [9.17, 15) is 4.79 Å². The fourth-order valence-corrected chi connectivity index (χ4v) is 3.44. The van der Waals surface area contributed by atoms with Crippen LogP contribution in [-0.4, -0.2) is 24.7 Å². The summed E-state index contributed by atoms with van der Waals surface area (Å²) in [5.41, 5.74) is 0. The molecule has 1 aliphatic rings. The van der Waals surface area contributed by atoms with Crippen molar-refractivity contribution in [2.24, 2.45) is 0 Å². The van der Waals surface area contributed by atoms with E-state index in [0.29, 0.717) is 18.6 Å². The van der Waals surface area contributed by atoms with Gasteiger partial charge in [0.1, 0.15) is 0 Å². The Kier molecular flexibility index (Phi) is 13.2. The molecule has 0 spiro atoms. The standard InChI is InChI=1S/C21H41NO2/c1-3-5-6-7-10-13-16-19-20(24-19)17-14-11-8-9-12-15-18-21(23)22-4-2/h19-20H,3-18H2,1-2H3,(H,22,23). The van der Waals surface area contributed by atoms with Gasteiger partial charge in [-0.15, -0.1) is 0 Å². The van der Waals surface area contributed by atoms with Gasteiger partial charge in [0.2, 0.25) is 5.91 Å². The highest BCUT2D eigenvalue weighted by molar-refractivity contribution is 5.75. The molecular formula is C21H41NO2. The summed E-state index contributed by atoms with van der Waals surface area (Å²) in [6.45, 7) is 5.00. The smallest absolute Gasteiger partial charge is 0.219 e. The second-order valence-corrected chi connectivity index (χ2v) is 7.38. The van der Waals surface area contributed by atoms with Gasteiger partial charge in [0.25, 0.3) is 0 Å². The van der Waals surface area contributed by atoms with Crippen molar-refractivity contribution in [3.63, 3.8) is 0 Å². The van der Waals surface area contributed by atoms with Crippen molar-refractivity contribution in [2.75, 3.05) is 6.54 Å². The summed E-state index contributed by atoms with van der Waals surface area (Å²) in [6, 6.07) is 0. The van der Waals surface area contributed by atoms with Gasteiger partial charge < -0.3 is 10.1 Å². The molecule has 3 nitrogen and oxygen atoms in total.